The van der Waals surface area contributed by atoms with Gasteiger partial charge >= 0.3 is 5.97 Å². The third-order valence-electron chi connectivity index (χ3n) is 4.44. The summed E-state index contributed by atoms with van der Waals surface area (Å²) in [5.41, 5.74) is 2.67. The van der Waals surface area contributed by atoms with E-state index in [1.807, 2.05) is 37.4 Å². The number of ether oxygens (including phenoxy) is 1. The van der Waals surface area contributed by atoms with E-state index in [4.69, 9.17) is 9.84 Å². The van der Waals surface area contributed by atoms with E-state index in [9.17, 15) is 9.59 Å². The first-order chi connectivity index (χ1) is 13.0. The minimum absolute atomic E-state index is 0.172. The fraction of sp³-hybridized carbons (Fsp3) is 0.222. The molecule has 0 spiro atoms. The molecule has 0 aliphatic carbocycles. The number of rotatable bonds is 4. The fourth-order valence-electron chi connectivity index (χ4n) is 3.07. The Morgan fingerprint density at radius 3 is 2.78 bits per heavy atom. The van der Waals surface area contributed by atoms with Crippen molar-refractivity contribution in [2.45, 2.75) is 12.6 Å². The van der Waals surface area contributed by atoms with Crippen LogP contribution in [0.2, 0.25) is 0 Å². The Bertz CT molecular complexity index is 1050. The van der Waals surface area contributed by atoms with E-state index in [0.29, 0.717) is 6.61 Å². The predicted octanol–water partition coefficient (Wildman–Crippen LogP) is 1.27. The smallest absolute Gasteiger partial charge is 0.323 e. The van der Waals surface area contributed by atoms with Crippen molar-refractivity contribution in [1.29, 1.82) is 0 Å². The highest BCUT2D eigenvalue weighted by atomic mass is 16.5. The van der Waals surface area contributed by atoms with Gasteiger partial charge in [0.1, 0.15) is 19.5 Å². The molecule has 138 valence electrons. The second kappa shape index (κ2) is 6.60. The molecule has 1 aromatic carbocycles. The molecule has 0 bridgehead atoms. The summed E-state index contributed by atoms with van der Waals surface area (Å²) in [5, 5.41) is 16.2. The molecule has 4 rings (SSSR count). The van der Waals surface area contributed by atoms with Crippen LogP contribution in [0.1, 0.15) is 11.6 Å². The number of aromatic nitrogens is 4. The maximum atomic E-state index is 12.5. The van der Waals surface area contributed by atoms with Gasteiger partial charge in [-0.3, -0.25) is 18.8 Å². The molecule has 0 saturated heterocycles. The molecule has 1 atom stereocenters. The Morgan fingerprint density at radius 1 is 1.33 bits per heavy atom. The first-order valence-corrected chi connectivity index (χ1v) is 8.32. The van der Waals surface area contributed by atoms with Gasteiger partial charge in [0, 0.05) is 13.2 Å². The number of carboxylic acid groups (broad SMARTS) is 1. The lowest BCUT2D eigenvalue weighted by Gasteiger charge is -2.26. The van der Waals surface area contributed by atoms with Gasteiger partial charge in [0.05, 0.1) is 11.7 Å². The van der Waals surface area contributed by atoms with E-state index < -0.39 is 18.1 Å². The van der Waals surface area contributed by atoms with E-state index in [1.165, 1.54) is 6.33 Å². The molecule has 0 saturated carbocycles. The van der Waals surface area contributed by atoms with E-state index >= 15 is 0 Å². The van der Waals surface area contributed by atoms with E-state index in [-0.39, 0.29) is 17.6 Å². The Kier molecular flexibility index (Phi) is 4.11. The maximum Gasteiger partial charge on any atom is 0.323 e. The number of fused-ring (bicyclic) bond motifs is 1. The number of hydrogen-bond donors (Lipinski definition) is 2. The van der Waals surface area contributed by atoms with Crippen LogP contribution in [-0.2, 0) is 18.4 Å². The van der Waals surface area contributed by atoms with Crippen LogP contribution in [-0.4, -0.2) is 37.0 Å². The molecular weight excluding hydrogens is 350 g/mol. The number of nitrogens with one attached hydrogen (secondary N) is 1. The molecule has 2 N–H and O–H groups in total. The molecule has 0 fully saturated rings. The summed E-state index contributed by atoms with van der Waals surface area (Å²) in [6.07, 6.45) is 2.92. The van der Waals surface area contributed by atoms with Gasteiger partial charge in [0.15, 0.2) is 5.69 Å². The monoisotopic (exact) mass is 367 g/mol. The van der Waals surface area contributed by atoms with Crippen molar-refractivity contribution in [3.05, 3.63) is 58.8 Å². The lowest BCUT2D eigenvalue weighted by atomic mass is 10.0. The second-order valence-corrected chi connectivity index (χ2v) is 6.22. The van der Waals surface area contributed by atoms with Crippen LogP contribution in [0, 0.1) is 0 Å². The molecule has 0 unspecified atom stereocenters. The van der Waals surface area contributed by atoms with Gasteiger partial charge in [-0.2, -0.15) is 5.10 Å². The van der Waals surface area contributed by atoms with Crippen molar-refractivity contribution in [1.82, 2.24) is 19.3 Å². The van der Waals surface area contributed by atoms with Crippen LogP contribution in [0.3, 0.4) is 0 Å². The van der Waals surface area contributed by atoms with E-state index in [1.54, 1.807) is 10.9 Å². The predicted molar refractivity (Wildman–Crippen MR) is 96.6 cm³/mol. The number of aryl methyl sites for hydroxylation is 1. The van der Waals surface area contributed by atoms with Gasteiger partial charge in [0.2, 0.25) is 5.88 Å². The van der Waals surface area contributed by atoms with Gasteiger partial charge in [-0.05, 0) is 17.2 Å². The van der Waals surface area contributed by atoms with Gasteiger partial charge in [-0.15, -0.1) is 0 Å². The minimum atomic E-state index is -1.11. The first-order valence-electron chi connectivity index (χ1n) is 8.32. The topological polar surface area (TPSA) is 111 Å². The SMILES string of the molecule is Cn1nccc1-c1ccc([C@@H]2COc3ncn(CC(=O)O)c(=O)c3N2)cc1. The van der Waals surface area contributed by atoms with Gasteiger partial charge in [-0.25, -0.2) is 4.98 Å². The molecule has 2 aromatic heterocycles. The van der Waals surface area contributed by atoms with Gasteiger partial charge in [0.25, 0.3) is 5.56 Å². The lowest BCUT2D eigenvalue weighted by molar-refractivity contribution is -0.137. The molecular formula is C18H17N5O4. The summed E-state index contributed by atoms with van der Waals surface area (Å²) in [4.78, 5) is 27.4. The molecule has 1 aliphatic rings. The number of anilines is 1. The summed E-state index contributed by atoms with van der Waals surface area (Å²) in [6.45, 7) is -0.141. The van der Waals surface area contributed by atoms with Crippen molar-refractivity contribution in [3.63, 3.8) is 0 Å². The quantitative estimate of drug-likeness (QED) is 0.714. The van der Waals surface area contributed by atoms with Crippen LogP contribution in [0.5, 0.6) is 5.88 Å². The van der Waals surface area contributed by atoms with Crippen molar-refractivity contribution >= 4 is 11.7 Å². The zero-order valence-corrected chi connectivity index (χ0v) is 14.5. The number of nitrogens with zero attached hydrogens (tertiary/aromatic N) is 4. The van der Waals surface area contributed by atoms with Crippen LogP contribution < -0.4 is 15.6 Å². The molecule has 9 nitrogen and oxygen atoms in total. The van der Waals surface area contributed by atoms with Crippen LogP contribution in [0.4, 0.5) is 5.69 Å². The van der Waals surface area contributed by atoms with Crippen LogP contribution in [0.15, 0.2) is 47.7 Å². The number of aliphatic carboxylic acids is 1. The standard InChI is InChI=1S/C18H17N5O4/c1-22-14(6-7-20-22)12-4-2-11(3-5-12)13-9-27-17-16(21-13)18(26)23(10-19-17)8-15(24)25/h2-7,10,13,21H,8-9H2,1H3,(H,24,25)/t13-/m0/s1. The third-order valence-corrected chi connectivity index (χ3v) is 4.44. The van der Waals surface area contributed by atoms with Crippen molar-refractivity contribution < 1.29 is 14.6 Å². The average molecular weight is 367 g/mol. The molecule has 27 heavy (non-hydrogen) atoms. The second-order valence-electron chi connectivity index (χ2n) is 6.22. The van der Waals surface area contributed by atoms with Gasteiger partial charge < -0.3 is 15.2 Å². The molecule has 0 amide bonds. The number of carboxylic acids is 1. The Labute approximate surface area is 153 Å². The maximum absolute atomic E-state index is 12.5. The molecule has 0 radical (unpaired) electrons. The summed E-state index contributed by atoms with van der Waals surface area (Å²) in [5.74, 6) is -0.928. The zero-order valence-electron chi connectivity index (χ0n) is 14.5. The number of benzene rings is 1. The minimum Gasteiger partial charge on any atom is -0.480 e. The first kappa shape index (κ1) is 16.8. The Morgan fingerprint density at radius 2 is 2.11 bits per heavy atom. The normalized spacial score (nSPS) is 15.5. The van der Waals surface area contributed by atoms with E-state index in [2.05, 4.69) is 15.4 Å². The zero-order chi connectivity index (χ0) is 19.0. The highest BCUT2D eigenvalue weighted by Crippen LogP contribution is 2.30. The Balaban J connectivity index is 1.60. The average Bonchev–Trinajstić information content (AvgIpc) is 3.10. The van der Waals surface area contributed by atoms with Crippen LogP contribution in [0.25, 0.3) is 11.3 Å². The number of hydrogen-bond acceptors (Lipinski definition) is 6. The summed E-state index contributed by atoms with van der Waals surface area (Å²) in [6, 6.07) is 9.57. The molecule has 9 heteroatoms. The molecule has 1 aliphatic heterocycles. The summed E-state index contributed by atoms with van der Waals surface area (Å²) in [7, 11) is 1.88. The lowest BCUT2D eigenvalue weighted by Crippen LogP contribution is -2.33. The highest BCUT2D eigenvalue weighted by molar-refractivity contribution is 5.67. The summed E-state index contributed by atoms with van der Waals surface area (Å²) < 4.78 is 8.43. The summed E-state index contributed by atoms with van der Waals surface area (Å²) >= 11 is 0. The molecule has 3 aromatic rings. The van der Waals surface area contributed by atoms with E-state index in [0.717, 1.165) is 21.4 Å². The fourth-order valence-corrected chi connectivity index (χ4v) is 3.07. The Hall–Kier alpha value is -3.62. The molecule has 3 heterocycles. The van der Waals surface area contributed by atoms with Gasteiger partial charge in [-0.1, -0.05) is 24.3 Å². The third kappa shape index (κ3) is 3.14. The van der Waals surface area contributed by atoms with Crippen LogP contribution >= 0.6 is 0 Å². The largest absolute Gasteiger partial charge is 0.480 e. The highest BCUT2D eigenvalue weighted by Gasteiger charge is 2.25. The van der Waals surface area contributed by atoms with Crippen molar-refractivity contribution in [2.75, 3.05) is 11.9 Å². The number of carbonyl (C=O) groups is 1. The van der Waals surface area contributed by atoms with Crippen molar-refractivity contribution in [3.8, 4) is 17.1 Å². The van der Waals surface area contributed by atoms with Crippen molar-refractivity contribution in [2.24, 2.45) is 7.05 Å².